The summed E-state index contributed by atoms with van der Waals surface area (Å²) in [5, 5.41) is 20.8. The van der Waals surface area contributed by atoms with Gasteiger partial charge in [0.15, 0.2) is 0 Å². The number of aryl methyl sites for hydroxylation is 5. The Labute approximate surface area is 178 Å². The lowest BCUT2D eigenvalue weighted by atomic mass is 9.84. The Morgan fingerprint density at radius 2 is 1.33 bits per heavy atom. The largest absolute Gasteiger partial charge is 0.508 e. The van der Waals surface area contributed by atoms with Gasteiger partial charge in [0, 0.05) is 12.1 Å². The van der Waals surface area contributed by atoms with Crippen LogP contribution in [0.4, 0.5) is 5.69 Å². The van der Waals surface area contributed by atoms with Crippen molar-refractivity contribution in [3.63, 3.8) is 0 Å². The Bertz CT molecular complexity index is 1090. The number of nitro groups is 1. The van der Waals surface area contributed by atoms with Crippen LogP contribution in [0.15, 0.2) is 42.5 Å². The first kappa shape index (κ1) is 21.6. The van der Waals surface area contributed by atoms with Gasteiger partial charge in [-0.05, 0) is 109 Å². The zero-order valence-electron chi connectivity index (χ0n) is 18.5. The van der Waals surface area contributed by atoms with Crippen LogP contribution in [0.5, 0.6) is 5.75 Å². The highest BCUT2D eigenvalue weighted by Crippen LogP contribution is 2.37. The molecule has 4 nitrogen and oxygen atoms in total. The second kappa shape index (κ2) is 8.31. The molecule has 0 saturated heterocycles. The van der Waals surface area contributed by atoms with E-state index in [1.165, 1.54) is 22.3 Å². The lowest BCUT2D eigenvalue weighted by Gasteiger charge is -2.20. The van der Waals surface area contributed by atoms with E-state index < -0.39 is 0 Å². The molecule has 1 unspecified atom stereocenters. The van der Waals surface area contributed by atoms with E-state index in [2.05, 4.69) is 32.9 Å². The summed E-state index contributed by atoms with van der Waals surface area (Å²) < 4.78 is 0. The van der Waals surface area contributed by atoms with Gasteiger partial charge in [0.05, 0.1) is 4.92 Å². The minimum atomic E-state index is -0.334. The van der Waals surface area contributed by atoms with Crippen LogP contribution >= 0.6 is 0 Å². The summed E-state index contributed by atoms with van der Waals surface area (Å²) in [5.74, 6) is 0.632. The Morgan fingerprint density at radius 3 is 1.80 bits per heavy atom. The lowest BCUT2D eigenvalue weighted by Crippen LogP contribution is -2.03. The van der Waals surface area contributed by atoms with Crippen LogP contribution in [0.3, 0.4) is 0 Å². The number of nitrogens with zero attached hydrogens (tertiary/aromatic N) is 1. The van der Waals surface area contributed by atoms with Crippen molar-refractivity contribution in [1.82, 2.24) is 0 Å². The molecule has 0 saturated carbocycles. The van der Waals surface area contributed by atoms with Gasteiger partial charge in [-0.2, -0.15) is 0 Å². The zero-order chi connectivity index (χ0) is 22.2. The molecule has 0 radical (unpaired) electrons. The number of aromatic hydroxyl groups is 1. The van der Waals surface area contributed by atoms with Crippen LogP contribution < -0.4 is 0 Å². The van der Waals surface area contributed by atoms with Gasteiger partial charge >= 0.3 is 0 Å². The molecule has 156 valence electrons. The molecule has 30 heavy (non-hydrogen) atoms. The van der Waals surface area contributed by atoms with Crippen LogP contribution in [0, 0.1) is 44.7 Å². The number of rotatable bonds is 5. The summed E-state index contributed by atoms with van der Waals surface area (Å²) in [4.78, 5) is 10.9. The normalized spacial score (nSPS) is 12.1. The van der Waals surface area contributed by atoms with Crippen LogP contribution in [-0.4, -0.2) is 10.0 Å². The average molecular weight is 404 g/mol. The summed E-state index contributed by atoms with van der Waals surface area (Å²) in [6.45, 7) is 12.4. The van der Waals surface area contributed by atoms with Gasteiger partial charge in [0.25, 0.3) is 5.69 Å². The number of nitro benzene ring substituents is 1. The first-order chi connectivity index (χ1) is 14.1. The Kier molecular flexibility index (Phi) is 5.97. The van der Waals surface area contributed by atoms with Crippen molar-refractivity contribution in [3.05, 3.63) is 91.5 Å². The molecular formula is C26H29NO3. The van der Waals surface area contributed by atoms with E-state index >= 15 is 0 Å². The van der Waals surface area contributed by atoms with Crippen molar-refractivity contribution in [2.75, 3.05) is 0 Å². The fourth-order valence-corrected chi connectivity index (χ4v) is 4.47. The number of non-ortho nitro benzene ring substituents is 1. The first-order valence-electron chi connectivity index (χ1n) is 10.2. The number of hydrogen-bond acceptors (Lipinski definition) is 3. The molecule has 0 aliphatic rings. The summed E-state index contributed by atoms with van der Waals surface area (Å²) in [5.41, 5.74) is 10.2. The van der Waals surface area contributed by atoms with Gasteiger partial charge in [-0.1, -0.05) is 25.1 Å². The Hall–Kier alpha value is -3.14. The number of benzene rings is 3. The summed E-state index contributed by atoms with van der Waals surface area (Å²) in [7, 11) is 0. The van der Waals surface area contributed by atoms with Crippen LogP contribution in [0.25, 0.3) is 11.1 Å². The van der Waals surface area contributed by atoms with Crippen molar-refractivity contribution in [3.8, 4) is 16.9 Å². The second-order valence-corrected chi connectivity index (χ2v) is 8.46. The molecule has 1 atom stereocenters. The van der Waals surface area contributed by atoms with Gasteiger partial charge in [0.1, 0.15) is 5.75 Å². The molecule has 0 aromatic heterocycles. The maximum atomic E-state index is 11.2. The highest BCUT2D eigenvalue weighted by molar-refractivity contribution is 5.78. The molecule has 0 fully saturated rings. The molecule has 3 aromatic rings. The molecule has 3 aromatic carbocycles. The van der Waals surface area contributed by atoms with Crippen LogP contribution in [-0.2, 0) is 6.42 Å². The fourth-order valence-electron chi connectivity index (χ4n) is 4.47. The number of phenols is 1. The van der Waals surface area contributed by atoms with E-state index in [0.29, 0.717) is 11.7 Å². The third-order valence-corrected chi connectivity index (χ3v) is 5.95. The quantitative estimate of drug-likeness (QED) is 0.374. The third kappa shape index (κ3) is 4.23. The molecule has 0 aliphatic heterocycles. The maximum absolute atomic E-state index is 11.2. The SMILES string of the molecule is Cc1cc(O)ccc1CC(C)c1cc(C)c(-c2c(C)cc([N+](=O)[O-])cc2C)c(C)c1. The van der Waals surface area contributed by atoms with Crippen molar-refractivity contribution >= 4 is 5.69 Å². The molecular weight excluding hydrogens is 374 g/mol. The highest BCUT2D eigenvalue weighted by atomic mass is 16.6. The van der Waals surface area contributed by atoms with Gasteiger partial charge in [-0.15, -0.1) is 0 Å². The molecule has 0 heterocycles. The highest BCUT2D eigenvalue weighted by Gasteiger charge is 2.18. The second-order valence-electron chi connectivity index (χ2n) is 8.46. The first-order valence-corrected chi connectivity index (χ1v) is 10.2. The monoisotopic (exact) mass is 403 g/mol. The third-order valence-electron chi connectivity index (χ3n) is 5.95. The molecule has 4 heteroatoms. The van der Waals surface area contributed by atoms with Crippen molar-refractivity contribution in [2.45, 2.75) is 53.9 Å². The predicted octanol–water partition coefficient (Wildman–Crippen LogP) is 6.86. The molecule has 0 spiro atoms. The van der Waals surface area contributed by atoms with E-state index in [0.717, 1.165) is 34.2 Å². The standard InChI is InChI=1S/C26H29NO3/c1-15(9-21-7-8-24(28)14-16(21)2)22-10-17(3)25(18(4)11-22)26-19(5)12-23(27(29)30)13-20(26)6/h7-8,10-15,28H,9H2,1-6H3. The fraction of sp³-hybridized carbons (Fsp3) is 0.308. The average Bonchev–Trinajstić information content (AvgIpc) is 2.65. The van der Waals surface area contributed by atoms with Gasteiger partial charge in [-0.3, -0.25) is 10.1 Å². The predicted molar refractivity (Wildman–Crippen MR) is 122 cm³/mol. The maximum Gasteiger partial charge on any atom is 0.269 e. The van der Waals surface area contributed by atoms with Gasteiger partial charge in [0.2, 0.25) is 0 Å². The Morgan fingerprint density at radius 1 is 0.833 bits per heavy atom. The number of hydrogen-bond donors (Lipinski definition) is 1. The van der Waals surface area contributed by atoms with Crippen molar-refractivity contribution in [2.24, 2.45) is 0 Å². The number of phenolic OH excluding ortho intramolecular Hbond substituents is 1. The molecule has 1 N–H and O–H groups in total. The lowest BCUT2D eigenvalue weighted by molar-refractivity contribution is -0.384. The smallest absolute Gasteiger partial charge is 0.269 e. The minimum Gasteiger partial charge on any atom is -0.508 e. The van der Waals surface area contributed by atoms with Crippen LogP contribution in [0.2, 0.25) is 0 Å². The summed E-state index contributed by atoms with van der Waals surface area (Å²) >= 11 is 0. The molecule has 0 bridgehead atoms. The Balaban J connectivity index is 1.99. The zero-order valence-corrected chi connectivity index (χ0v) is 18.5. The van der Waals surface area contributed by atoms with E-state index in [9.17, 15) is 15.2 Å². The van der Waals surface area contributed by atoms with Crippen molar-refractivity contribution in [1.29, 1.82) is 0 Å². The summed E-state index contributed by atoms with van der Waals surface area (Å²) in [6.07, 6.45) is 0.903. The molecule has 0 aliphatic carbocycles. The molecule has 3 rings (SSSR count). The van der Waals surface area contributed by atoms with Gasteiger partial charge < -0.3 is 5.11 Å². The van der Waals surface area contributed by atoms with Crippen molar-refractivity contribution < 1.29 is 10.0 Å². The molecule has 0 amide bonds. The van der Waals surface area contributed by atoms with Crippen LogP contribution in [0.1, 0.15) is 51.8 Å². The van der Waals surface area contributed by atoms with E-state index in [1.54, 1.807) is 18.2 Å². The van der Waals surface area contributed by atoms with E-state index in [4.69, 9.17) is 0 Å². The topological polar surface area (TPSA) is 63.4 Å². The van der Waals surface area contributed by atoms with E-state index in [-0.39, 0.29) is 10.6 Å². The van der Waals surface area contributed by atoms with E-state index in [1.807, 2.05) is 32.9 Å². The minimum absolute atomic E-state index is 0.138. The van der Waals surface area contributed by atoms with Gasteiger partial charge in [-0.25, -0.2) is 0 Å². The summed E-state index contributed by atoms with van der Waals surface area (Å²) in [6, 6.07) is 13.3.